The molecule has 3 heteroatoms. The standard InChI is InChI=1S/C15H22N2O/c1-4-14-5-11(1)8-17(14)9-15-6-12(10-18-15)7-16-13-2-3-13/h6,10-11,13-14,16H,1-5,7-9H2. The van der Waals surface area contributed by atoms with Crippen molar-refractivity contribution in [1.82, 2.24) is 10.2 Å². The van der Waals surface area contributed by atoms with Gasteiger partial charge in [-0.2, -0.15) is 0 Å². The molecule has 0 aromatic carbocycles. The Balaban J connectivity index is 1.33. The first-order valence-corrected chi connectivity index (χ1v) is 7.40. The zero-order valence-electron chi connectivity index (χ0n) is 10.9. The van der Waals surface area contributed by atoms with Gasteiger partial charge in [0, 0.05) is 30.7 Å². The lowest BCUT2D eigenvalue weighted by Crippen LogP contribution is -2.31. The van der Waals surface area contributed by atoms with Crippen LogP contribution in [0, 0.1) is 5.92 Å². The smallest absolute Gasteiger partial charge is 0.118 e. The summed E-state index contributed by atoms with van der Waals surface area (Å²) in [6.07, 6.45) is 8.91. The van der Waals surface area contributed by atoms with Gasteiger partial charge in [0.05, 0.1) is 12.8 Å². The highest BCUT2D eigenvalue weighted by molar-refractivity contribution is 5.13. The number of nitrogens with zero attached hydrogens (tertiary/aromatic N) is 1. The van der Waals surface area contributed by atoms with Crippen molar-refractivity contribution < 1.29 is 4.42 Å². The molecule has 1 aromatic heterocycles. The molecule has 1 aliphatic heterocycles. The third kappa shape index (κ3) is 2.21. The number of rotatable bonds is 5. The van der Waals surface area contributed by atoms with E-state index in [0.29, 0.717) is 0 Å². The van der Waals surface area contributed by atoms with Crippen molar-refractivity contribution in [1.29, 1.82) is 0 Å². The number of furan rings is 1. The molecule has 0 spiro atoms. The Morgan fingerprint density at radius 1 is 1.28 bits per heavy atom. The molecule has 2 atom stereocenters. The maximum absolute atomic E-state index is 5.71. The predicted octanol–water partition coefficient (Wildman–Crippen LogP) is 2.52. The lowest BCUT2D eigenvalue weighted by Gasteiger charge is -2.25. The molecule has 1 aromatic rings. The Morgan fingerprint density at radius 2 is 2.22 bits per heavy atom. The molecule has 3 aliphatic rings. The molecule has 3 nitrogen and oxygen atoms in total. The largest absolute Gasteiger partial charge is 0.468 e. The normalized spacial score (nSPS) is 31.3. The number of nitrogens with one attached hydrogen (secondary N) is 1. The van der Waals surface area contributed by atoms with Crippen LogP contribution in [0.5, 0.6) is 0 Å². The zero-order valence-corrected chi connectivity index (χ0v) is 10.9. The van der Waals surface area contributed by atoms with Gasteiger partial charge in [-0.25, -0.2) is 0 Å². The van der Waals surface area contributed by atoms with Gasteiger partial charge in [0.1, 0.15) is 5.76 Å². The fraction of sp³-hybridized carbons (Fsp3) is 0.733. The maximum atomic E-state index is 5.71. The molecule has 0 radical (unpaired) electrons. The minimum atomic E-state index is 0.776. The summed E-state index contributed by atoms with van der Waals surface area (Å²) in [5.41, 5.74) is 1.31. The topological polar surface area (TPSA) is 28.4 Å². The Morgan fingerprint density at radius 3 is 2.94 bits per heavy atom. The number of piperidine rings is 1. The lowest BCUT2D eigenvalue weighted by molar-refractivity contribution is 0.190. The molecule has 2 saturated carbocycles. The highest BCUT2D eigenvalue weighted by atomic mass is 16.3. The highest BCUT2D eigenvalue weighted by Gasteiger charge is 2.37. The Bertz CT molecular complexity index is 424. The van der Waals surface area contributed by atoms with Crippen molar-refractivity contribution in [3.05, 3.63) is 23.7 Å². The second-order valence-corrected chi connectivity index (χ2v) is 6.34. The predicted molar refractivity (Wildman–Crippen MR) is 70.1 cm³/mol. The average molecular weight is 246 g/mol. The van der Waals surface area contributed by atoms with Crippen molar-refractivity contribution >= 4 is 0 Å². The van der Waals surface area contributed by atoms with E-state index in [9.17, 15) is 0 Å². The molecule has 18 heavy (non-hydrogen) atoms. The van der Waals surface area contributed by atoms with E-state index in [2.05, 4.69) is 16.3 Å². The maximum Gasteiger partial charge on any atom is 0.118 e. The fourth-order valence-corrected chi connectivity index (χ4v) is 3.57. The van der Waals surface area contributed by atoms with E-state index in [0.717, 1.165) is 36.9 Å². The molecule has 1 saturated heterocycles. The van der Waals surface area contributed by atoms with Crippen molar-refractivity contribution in [2.24, 2.45) is 5.92 Å². The first-order valence-electron chi connectivity index (χ1n) is 7.40. The monoisotopic (exact) mass is 246 g/mol. The molecular weight excluding hydrogens is 224 g/mol. The van der Waals surface area contributed by atoms with Gasteiger partial charge in [-0.1, -0.05) is 0 Å². The van der Waals surface area contributed by atoms with Gasteiger partial charge in [-0.05, 0) is 44.1 Å². The zero-order chi connectivity index (χ0) is 11.9. The van der Waals surface area contributed by atoms with E-state index in [-0.39, 0.29) is 0 Å². The molecule has 0 amide bonds. The quantitative estimate of drug-likeness (QED) is 0.865. The fourth-order valence-electron chi connectivity index (χ4n) is 3.57. The van der Waals surface area contributed by atoms with Gasteiger partial charge in [-0.3, -0.25) is 4.90 Å². The van der Waals surface area contributed by atoms with Crippen LogP contribution < -0.4 is 5.32 Å². The van der Waals surface area contributed by atoms with Gasteiger partial charge < -0.3 is 9.73 Å². The molecule has 3 fully saturated rings. The van der Waals surface area contributed by atoms with Crippen molar-refractivity contribution in [3.63, 3.8) is 0 Å². The molecule has 2 bridgehead atoms. The summed E-state index contributed by atoms with van der Waals surface area (Å²) in [5, 5.41) is 3.53. The number of likely N-dealkylation sites (tertiary alicyclic amines) is 1. The van der Waals surface area contributed by atoms with E-state index in [1.54, 1.807) is 0 Å². The van der Waals surface area contributed by atoms with Crippen LogP contribution in [0.3, 0.4) is 0 Å². The van der Waals surface area contributed by atoms with Crippen LogP contribution in [0.25, 0.3) is 0 Å². The second-order valence-electron chi connectivity index (χ2n) is 6.34. The van der Waals surface area contributed by atoms with Crippen molar-refractivity contribution in [2.45, 2.75) is 57.3 Å². The third-order valence-corrected chi connectivity index (χ3v) is 4.76. The lowest BCUT2D eigenvalue weighted by atomic mass is 10.1. The summed E-state index contributed by atoms with van der Waals surface area (Å²) in [6.45, 7) is 3.28. The van der Waals surface area contributed by atoms with Crippen molar-refractivity contribution in [3.8, 4) is 0 Å². The Labute approximate surface area is 109 Å². The van der Waals surface area contributed by atoms with Crippen molar-refractivity contribution in [2.75, 3.05) is 6.54 Å². The number of hydrogen-bond acceptors (Lipinski definition) is 3. The third-order valence-electron chi connectivity index (χ3n) is 4.76. The van der Waals surface area contributed by atoms with Crippen LogP contribution in [0.4, 0.5) is 0 Å². The average Bonchev–Trinajstić information content (AvgIpc) is 2.78. The molecule has 2 heterocycles. The van der Waals surface area contributed by atoms with E-state index in [4.69, 9.17) is 4.42 Å². The minimum absolute atomic E-state index is 0.776. The minimum Gasteiger partial charge on any atom is -0.468 e. The summed E-state index contributed by atoms with van der Waals surface area (Å²) < 4.78 is 5.71. The molecule has 1 N–H and O–H groups in total. The van der Waals surface area contributed by atoms with Gasteiger partial charge in [-0.15, -0.1) is 0 Å². The van der Waals surface area contributed by atoms with E-state index >= 15 is 0 Å². The van der Waals surface area contributed by atoms with E-state index in [1.165, 1.54) is 44.2 Å². The number of hydrogen-bond donors (Lipinski definition) is 1. The summed E-state index contributed by atoms with van der Waals surface area (Å²) in [5.74, 6) is 2.12. The van der Waals surface area contributed by atoms with E-state index in [1.807, 2.05) is 6.26 Å². The summed E-state index contributed by atoms with van der Waals surface area (Å²) in [4.78, 5) is 2.62. The molecule has 4 rings (SSSR count). The SMILES string of the molecule is c1oc(CN2CC3CCC2C3)cc1CNC1CC1. The molecule has 2 unspecified atom stereocenters. The van der Waals surface area contributed by atoms with Crippen LogP contribution in [0.1, 0.15) is 43.4 Å². The van der Waals surface area contributed by atoms with Gasteiger partial charge >= 0.3 is 0 Å². The molecule has 2 aliphatic carbocycles. The Kier molecular flexibility index (Phi) is 2.70. The first-order chi connectivity index (χ1) is 8.87. The van der Waals surface area contributed by atoms with Gasteiger partial charge in [0.2, 0.25) is 0 Å². The van der Waals surface area contributed by atoms with Crippen LogP contribution >= 0.6 is 0 Å². The van der Waals surface area contributed by atoms with Crippen LogP contribution in [0.2, 0.25) is 0 Å². The summed E-state index contributed by atoms with van der Waals surface area (Å²) in [6, 6.07) is 3.85. The van der Waals surface area contributed by atoms with E-state index < -0.39 is 0 Å². The molecular formula is C15H22N2O. The summed E-state index contributed by atoms with van der Waals surface area (Å²) >= 11 is 0. The first kappa shape index (κ1) is 11.1. The van der Waals surface area contributed by atoms with Gasteiger partial charge in [0.25, 0.3) is 0 Å². The van der Waals surface area contributed by atoms with Crippen LogP contribution in [-0.2, 0) is 13.1 Å². The van der Waals surface area contributed by atoms with Gasteiger partial charge in [0.15, 0.2) is 0 Å². The van der Waals surface area contributed by atoms with Crippen LogP contribution in [-0.4, -0.2) is 23.5 Å². The Hall–Kier alpha value is -0.800. The highest BCUT2D eigenvalue weighted by Crippen LogP contribution is 2.38. The summed E-state index contributed by atoms with van der Waals surface area (Å²) in [7, 11) is 0. The van der Waals surface area contributed by atoms with Crippen LogP contribution in [0.15, 0.2) is 16.7 Å². The number of fused-ring (bicyclic) bond motifs is 2. The molecule has 98 valence electrons. The second kappa shape index (κ2) is 4.39.